The monoisotopic (exact) mass is 219 g/mol. The van der Waals surface area contributed by atoms with Crippen molar-refractivity contribution in [3.8, 4) is 0 Å². The molecule has 1 heterocycles. The lowest BCUT2D eigenvalue weighted by Gasteiger charge is -2.41. The van der Waals surface area contributed by atoms with Gasteiger partial charge in [-0.2, -0.15) is 0 Å². The van der Waals surface area contributed by atoms with Crippen LogP contribution in [0.15, 0.2) is 30.3 Å². The lowest BCUT2D eigenvalue weighted by molar-refractivity contribution is -0.0270. The molecule has 16 heavy (non-hydrogen) atoms. The Morgan fingerprint density at radius 3 is 2.62 bits per heavy atom. The summed E-state index contributed by atoms with van der Waals surface area (Å²) in [6.45, 7) is 7.27. The number of hydrogen-bond donors (Lipinski definition) is 1. The molecule has 1 aromatic rings. The fraction of sp³-hybridized carbons (Fsp3) is 0.571. The highest BCUT2D eigenvalue weighted by molar-refractivity contribution is 5.14. The van der Waals surface area contributed by atoms with Gasteiger partial charge in [-0.3, -0.25) is 4.90 Å². The molecule has 0 amide bonds. The third-order valence-corrected chi connectivity index (χ3v) is 3.50. The Kier molecular flexibility index (Phi) is 3.31. The van der Waals surface area contributed by atoms with Crippen LogP contribution < -0.4 is 0 Å². The third-order valence-electron chi connectivity index (χ3n) is 3.50. The minimum atomic E-state index is -0.153. The van der Waals surface area contributed by atoms with Gasteiger partial charge in [-0.1, -0.05) is 44.2 Å². The Labute approximate surface area is 97.9 Å². The van der Waals surface area contributed by atoms with E-state index in [9.17, 15) is 5.11 Å². The predicted octanol–water partition coefficient (Wildman–Crippen LogP) is 2.28. The van der Waals surface area contributed by atoms with Gasteiger partial charge in [0.25, 0.3) is 0 Å². The van der Waals surface area contributed by atoms with E-state index >= 15 is 0 Å². The SMILES string of the molecule is CC1(C)CN(Cc2ccccc2)CC[C@@H]1O. The first-order valence-electron chi connectivity index (χ1n) is 6.02. The van der Waals surface area contributed by atoms with Crippen molar-refractivity contribution in [2.75, 3.05) is 13.1 Å². The summed E-state index contributed by atoms with van der Waals surface area (Å²) in [5, 5.41) is 9.89. The second-order valence-electron chi connectivity index (χ2n) is 5.49. The Balaban J connectivity index is 1.97. The highest BCUT2D eigenvalue weighted by Crippen LogP contribution is 2.29. The molecule has 0 aromatic heterocycles. The van der Waals surface area contributed by atoms with Gasteiger partial charge in [0.15, 0.2) is 0 Å². The second-order valence-corrected chi connectivity index (χ2v) is 5.49. The van der Waals surface area contributed by atoms with E-state index in [2.05, 4.69) is 43.0 Å². The molecule has 1 aliphatic heterocycles. The number of benzene rings is 1. The fourth-order valence-electron chi connectivity index (χ4n) is 2.43. The molecular formula is C14H21NO. The van der Waals surface area contributed by atoms with Gasteiger partial charge in [-0.15, -0.1) is 0 Å². The normalized spacial score (nSPS) is 25.6. The highest BCUT2D eigenvalue weighted by atomic mass is 16.3. The summed E-state index contributed by atoms with van der Waals surface area (Å²) < 4.78 is 0. The van der Waals surface area contributed by atoms with Gasteiger partial charge in [0, 0.05) is 25.0 Å². The first kappa shape index (κ1) is 11.6. The van der Waals surface area contributed by atoms with Gasteiger partial charge < -0.3 is 5.11 Å². The molecule has 2 heteroatoms. The molecule has 0 spiro atoms. The minimum Gasteiger partial charge on any atom is -0.392 e. The average Bonchev–Trinajstić information content (AvgIpc) is 2.25. The van der Waals surface area contributed by atoms with E-state index in [0.29, 0.717) is 0 Å². The van der Waals surface area contributed by atoms with Gasteiger partial charge in [-0.25, -0.2) is 0 Å². The first-order chi connectivity index (χ1) is 7.58. The van der Waals surface area contributed by atoms with Gasteiger partial charge in [-0.05, 0) is 12.0 Å². The number of hydrogen-bond acceptors (Lipinski definition) is 2. The summed E-state index contributed by atoms with van der Waals surface area (Å²) >= 11 is 0. The van der Waals surface area contributed by atoms with E-state index in [1.165, 1.54) is 5.56 Å². The molecule has 2 rings (SSSR count). The van der Waals surface area contributed by atoms with Crippen LogP contribution in [0.4, 0.5) is 0 Å². The summed E-state index contributed by atoms with van der Waals surface area (Å²) in [6.07, 6.45) is 0.736. The zero-order valence-electron chi connectivity index (χ0n) is 10.2. The molecule has 0 radical (unpaired) electrons. The Morgan fingerprint density at radius 2 is 2.00 bits per heavy atom. The van der Waals surface area contributed by atoms with E-state index in [1.54, 1.807) is 0 Å². The van der Waals surface area contributed by atoms with E-state index in [0.717, 1.165) is 26.1 Å². The van der Waals surface area contributed by atoms with Gasteiger partial charge in [0.2, 0.25) is 0 Å². The number of aliphatic hydroxyl groups excluding tert-OH is 1. The van der Waals surface area contributed by atoms with Gasteiger partial charge in [0.1, 0.15) is 0 Å². The molecule has 1 fully saturated rings. The van der Waals surface area contributed by atoms with Gasteiger partial charge >= 0.3 is 0 Å². The maximum absolute atomic E-state index is 9.89. The van der Waals surface area contributed by atoms with Crippen molar-refractivity contribution in [1.29, 1.82) is 0 Å². The van der Waals surface area contributed by atoms with Crippen LogP contribution in [0.2, 0.25) is 0 Å². The zero-order chi connectivity index (χ0) is 11.6. The molecule has 1 atom stereocenters. The summed E-state index contributed by atoms with van der Waals surface area (Å²) in [6, 6.07) is 10.5. The molecule has 1 aliphatic rings. The standard InChI is InChI=1S/C14H21NO/c1-14(2)11-15(9-8-13(14)16)10-12-6-4-3-5-7-12/h3-7,13,16H,8-11H2,1-2H3/t13-/m0/s1. The molecule has 2 nitrogen and oxygen atoms in total. The third kappa shape index (κ3) is 2.63. The van der Waals surface area contributed by atoms with Crippen LogP contribution in [-0.4, -0.2) is 29.2 Å². The predicted molar refractivity (Wildman–Crippen MR) is 66.1 cm³/mol. The van der Waals surface area contributed by atoms with Crippen molar-refractivity contribution in [3.05, 3.63) is 35.9 Å². The molecule has 1 aromatic carbocycles. The lowest BCUT2D eigenvalue weighted by Crippen LogP contribution is -2.48. The van der Waals surface area contributed by atoms with Crippen molar-refractivity contribution < 1.29 is 5.11 Å². The molecule has 0 saturated carbocycles. The molecule has 0 aliphatic carbocycles. The summed E-state index contributed by atoms with van der Waals surface area (Å²) in [4.78, 5) is 2.43. The Bertz CT molecular complexity index is 334. The molecule has 1 N–H and O–H groups in total. The molecule has 0 unspecified atom stereocenters. The fourth-order valence-corrected chi connectivity index (χ4v) is 2.43. The van der Waals surface area contributed by atoms with Crippen LogP contribution in [0.3, 0.4) is 0 Å². The van der Waals surface area contributed by atoms with Crippen molar-refractivity contribution in [2.45, 2.75) is 32.9 Å². The quantitative estimate of drug-likeness (QED) is 0.825. The van der Waals surface area contributed by atoms with Crippen LogP contribution in [0.5, 0.6) is 0 Å². The van der Waals surface area contributed by atoms with E-state index in [-0.39, 0.29) is 11.5 Å². The minimum absolute atomic E-state index is 0.0209. The first-order valence-corrected chi connectivity index (χ1v) is 6.02. The van der Waals surface area contributed by atoms with Crippen LogP contribution in [0.1, 0.15) is 25.8 Å². The highest BCUT2D eigenvalue weighted by Gasteiger charge is 2.34. The molecule has 1 saturated heterocycles. The van der Waals surface area contributed by atoms with Crippen LogP contribution in [-0.2, 0) is 6.54 Å². The number of piperidine rings is 1. The van der Waals surface area contributed by atoms with E-state index < -0.39 is 0 Å². The summed E-state index contributed by atoms with van der Waals surface area (Å²) in [7, 11) is 0. The topological polar surface area (TPSA) is 23.5 Å². The van der Waals surface area contributed by atoms with Crippen molar-refractivity contribution >= 4 is 0 Å². The van der Waals surface area contributed by atoms with Crippen molar-refractivity contribution in [3.63, 3.8) is 0 Å². The number of rotatable bonds is 2. The number of aliphatic hydroxyl groups is 1. The van der Waals surface area contributed by atoms with Crippen LogP contribution >= 0.6 is 0 Å². The summed E-state index contributed by atoms with van der Waals surface area (Å²) in [5.41, 5.74) is 1.38. The maximum atomic E-state index is 9.89. The summed E-state index contributed by atoms with van der Waals surface area (Å²) in [5.74, 6) is 0. The van der Waals surface area contributed by atoms with Crippen LogP contribution in [0.25, 0.3) is 0 Å². The van der Waals surface area contributed by atoms with Crippen LogP contribution in [0, 0.1) is 5.41 Å². The van der Waals surface area contributed by atoms with Crippen molar-refractivity contribution in [2.24, 2.45) is 5.41 Å². The smallest absolute Gasteiger partial charge is 0.0615 e. The second kappa shape index (κ2) is 4.56. The Hall–Kier alpha value is -0.860. The average molecular weight is 219 g/mol. The Morgan fingerprint density at radius 1 is 1.31 bits per heavy atom. The largest absolute Gasteiger partial charge is 0.392 e. The molecule has 0 bridgehead atoms. The number of nitrogens with zero attached hydrogens (tertiary/aromatic N) is 1. The van der Waals surface area contributed by atoms with Gasteiger partial charge in [0.05, 0.1) is 6.10 Å². The molecule has 88 valence electrons. The zero-order valence-corrected chi connectivity index (χ0v) is 10.2. The number of likely N-dealkylation sites (tertiary alicyclic amines) is 1. The van der Waals surface area contributed by atoms with Crippen molar-refractivity contribution in [1.82, 2.24) is 4.90 Å². The van der Waals surface area contributed by atoms with E-state index in [1.807, 2.05) is 6.07 Å². The molecular weight excluding hydrogens is 198 g/mol. The lowest BCUT2D eigenvalue weighted by atomic mass is 9.81. The van der Waals surface area contributed by atoms with E-state index in [4.69, 9.17) is 0 Å². The maximum Gasteiger partial charge on any atom is 0.0615 e.